The standard InChI is InChI=1S/C16H19N3O2/c1-21-10-9-18-16(20)14-7-8-17-15(11-14)19-12-13-5-3-2-4-6-13/h2-8,11H,9-10,12H2,1H3,(H,17,19)(H,18,20). The van der Waals surface area contributed by atoms with E-state index in [9.17, 15) is 4.79 Å². The molecule has 110 valence electrons. The topological polar surface area (TPSA) is 63.2 Å². The molecule has 0 aliphatic heterocycles. The van der Waals surface area contributed by atoms with Gasteiger partial charge in [0.05, 0.1) is 6.61 Å². The molecule has 0 saturated carbocycles. The van der Waals surface area contributed by atoms with E-state index < -0.39 is 0 Å². The molecule has 0 spiro atoms. The smallest absolute Gasteiger partial charge is 0.251 e. The summed E-state index contributed by atoms with van der Waals surface area (Å²) < 4.78 is 4.90. The van der Waals surface area contributed by atoms with Crippen LogP contribution in [-0.2, 0) is 11.3 Å². The average Bonchev–Trinajstić information content (AvgIpc) is 2.54. The third-order valence-electron chi connectivity index (χ3n) is 2.93. The van der Waals surface area contributed by atoms with Gasteiger partial charge in [-0.1, -0.05) is 30.3 Å². The second-order valence-corrected chi connectivity index (χ2v) is 4.52. The predicted molar refractivity (Wildman–Crippen MR) is 82.2 cm³/mol. The van der Waals surface area contributed by atoms with Gasteiger partial charge >= 0.3 is 0 Å². The first-order chi connectivity index (χ1) is 10.3. The Morgan fingerprint density at radius 1 is 1.24 bits per heavy atom. The van der Waals surface area contributed by atoms with E-state index in [1.165, 1.54) is 0 Å². The van der Waals surface area contributed by atoms with Crippen molar-refractivity contribution in [2.45, 2.75) is 6.54 Å². The zero-order valence-corrected chi connectivity index (χ0v) is 12.0. The minimum absolute atomic E-state index is 0.128. The van der Waals surface area contributed by atoms with E-state index in [4.69, 9.17) is 4.74 Å². The van der Waals surface area contributed by atoms with Crippen molar-refractivity contribution >= 4 is 11.7 Å². The van der Waals surface area contributed by atoms with Gasteiger partial charge in [0.2, 0.25) is 0 Å². The molecule has 5 nitrogen and oxygen atoms in total. The van der Waals surface area contributed by atoms with Gasteiger partial charge in [-0.2, -0.15) is 0 Å². The van der Waals surface area contributed by atoms with Crippen LogP contribution in [0.2, 0.25) is 0 Å². The molecule has 0 unspecified atom stereocenters. The van der Waals surface area contributed by atoms with Gasteiger partial charge in [-0.3, -0.25) is 4.79 Å². The fraction of sp³-hybridized carbons (Fsp3) is 0.250. The number of carbonyl (C=O) groups is 1. The number of hydrogen-bond acceptors (Lipinski definition) is 4. The molecular weight excluding hydrogens is 266 g/mol. The maximum Gasteiger partial charge on any atom is 0.251 e. The number of nitrogens with one attached hydrogen (secondary N) is 2. The van der Waals surface area contributed by atoms with Gasteiger partial charge in [-0.25, -0.2) is 4.98 Å². The van der Waals surface area contributed by atoms with Crippen molar-refractivity contribution in [2.75, 3.05) is 25.6 Å². The Morgan fingerprint density at radius 2 is 2.05 bits per heavy atom. The van der Waals surface area contributed by atoms with E-state index in [1.54, 1.807) is 25.4 Å². The van der Waals surface area contributed by atoms with Gasteiger partial charge in [0.25, 0.3) is 5.91 Å². The maximum atomic E-state index is 11.9. The normalized spacial score (nSPS) is 10.1. The molecule has 2 rings (SSSR count). The zero-order chi connectivity index (χ0) is 14.9. The highest BCUT2D eigenvalue weighted by Gasteiger charge is 2.06. The molecule has 1 aromatic carbocycles. The minimum atomic E-state index is -0.128. The van der Waals surface area contributed by atoms with E-state index in [1.807, 2.05) is 30.3 Å². The van der Waals surface area contributed by atoms with Crippen LogP contribution in [-0.4, -0.2) is 31.2 Å². The average molecular weight is 285 g/mol. The second-order valence-electron chi connectivity index (χ2n) is 4.52. The van der Waals surface area contributed by atoms with Crippen molar-refractivity contribution in [3.63, 3.8) is 0 Å². The fourth-order valence-electron chi connectivity index (χ4n) is 1.83. The van der Waals surface area contributed by atoms with Crippen molar-refractivity contribution in [3.05, 3.63) is 59.8 Å². The summed E-state index contributed by atoms with van der Waals surface area (Å²) in [6.45, 7) is 1.66. The van der Waals surface area contributed by atoms with Crippen molar-refractivity contribution < 1.29 is 9.53 Å². The lowest BCUT2D eigenvalue weighted by atomic mass is 10.2. The molecule has 0 fully saturated rings. The van der Waals surface area contributed by atoms with Crippen LogP contribution in [0.3, 0.4) is 0 Å². The van der Waals surface area contributed by atoms with Gasteiger partial charge in [-0.15, -0.1) is 0 Å². The van der Waals surface area contributed by atoms with Crippen molar-refractivity contribution in [2.24, 2.45) is 0 Å². The molecule has 0 atom stereocenters. The fourth-order valence-corrected chi connectivity index (χ4v) is 1.83. The Hall–Kier alpha value is -2.40. The molecule has 5 heteroatoms. The molecule has 1 aromatic heterocycles. The number of ether oxygens (including phenoxy) is 1. The van der Waals surface area contributed by atoms with E-state index in [0.717, 1.165) is 5.56 Å². The van der Waals surface area contributed by atoms with Gasteiger partial charge in [0.15, 0.2) is 0 Å². The summed E-state index contributed by atoms with van der Waals surface area (Å²) in [6.07, 6.45) is 1.62. The summed E-state index contributed by atoms with van der Waals surface area (Å²) in [5, 5.41) is 5.99. The van der Waals surface area contributed by atoms with Crippen molar-refractivity contribution in [3.8, 4) is 0 Å². The Bertz CT molecular complexity index is 573. The number of carbonyl (C=O) groups excluding carboxylic acids is 1. The number of methoxy groups -OCH3 is 1. The minimum Gasteiger partial charge on any atom is -0.383 e. The van der Waals surface area contributed by atoms with Gasteiger partial charge in [-0.05, 0) is 17.7 Å². The molecule has 0 saturated heterocycles. The summed E-state index contributed by atoms with van der Waals surface area (Å²) in [7, 11) is 1.60. The monoisotopic (exact) mass is 285 g/mol. The van der Waals surface area contributed by atoms with Gasteiger partial charge in [0.1, 0.15) is 5.82 Å². The summed E-state index contributed by atoms with van der Waals surface area (Å²) >= 11 is 0. The molecular formula is C16H19N3O2. The van der Waals surface area contributed by atoms with Crippen LogP contribution in [0.4, 0.5) is 5.82 Å². The van der Waals surface area contributed by atoms with E-state index in [2.05, 4.69) is 15.6 Å². The number of pyridine rings is 1. The molecule has 21 heavy (non-hydrogen) atoms. The molecule has 1 amide bonds. The van der Waals surface area contributed by atoms with Crippen LogP contribution in [0.5, 0.6) is 0 Å². The Morgan fingerprint density at radius 3 is 2.81 bits per heavy atom. The Labute approximate surface area is 124 Å². The lowest BCUT2D eigenvalue weighted by Crippen LogP contribution is -2.27. The maximum absolute atomic E-state index is 11.9. The van der Waals surface area contributed by atoms with Crippen LogP contribution in [0.15, 0.2) is 48.7 Å². The largest absolute Gasteiger partial charge is 0.383 e. The first kappa shape index (κ1) is 15.0. The number of amides is 1. The summed E-state index contributed by atoms with van der Waals surface area (Å²) in [6, 6.07) is 13.5. The Kier molecular flexibility index (Phi) is 5.72. The van der Waals surface area contributed by atoms with Crippen LogP contribution in [0, 0.1) is 0 Å². The number of anilines is 1. The van der Waals surface area contributed by atoms with E-state index in [-0.39, 0.29) is 5.91 Å². The number of aromatic nitrogens is 1. The zero-order valence-electron chi connectivity index (χ0n) is 12.0. The van der Waals surface area contributed by atoms with Crippen LogP contribution in [0.1, 0.15) is 15.9 Å². The van der Waals surface area contributed by atoms with Crippen LogP contribution >= 0.6 is 0 Å². The molecule has 0 radical (unpaired) electrons. The van der Waals surface area contributed by atoms with E-state index >= 15 is 0 Å². The second kappa shape index (κ2) is 8.01. The first-order valence-corrected chi connectivity index (χ1v) is 6.80. The van der Waals surface area contributed by atoms with Crippen LogP contribution in [0.25, 0.3) is 0 Å². The predicted octanol–water partition coefficient (Wildman–Crippen LogP) is 2.07. The number of hydrogen-bond donors (Lipinski definition) is 2. The lowest BCUT2D eigenvalue weighted by Gasteiger charge is -2.08. The number of rotatable bonds is 7. The molecule has 2 aromatic rings. The quantitative estimate of drug-likeness (QED) is 0.764. The SMILES string of the molecule is COCCNC(=O)c1ccnc(NCc2ccccc2)c1. The highest BCUT2D eigenvalue weighted by molar-refractivity contribution is 5.94. The summed E-state index contributed by atoms with van der Waals surface area (Å²) in [4.78, 5) is 16.1. The third-order valence-corrected chi connectivity index (χ3v) is 2.93. The summed E-state index contributed by atoms with van der Waals surface area (Å²) in [5.41, 5.74) is 1.74. The highest BCUT2D eigenvalue weighted by Crippen LogP contribution is 2.09. The number of nitrogens with zero attached hydrogens (tertiary/aromatic N) is 1. The molecule has 2 N–H and O–H groups in total. The van der Waals surface area contributed by atoms with E-state index in [0.29, 0.717) is 31.1 Å². The molecule has 0 aliphatic carbocycles. The van der Waals surface area contributed by atoms with Gasteiger partial charge < -0.3 is 15.4 Å². The molecule has 1 heterocycles. The van der Waals surface area contributed by atoms with Crippen LogP contribution < -0.4 is 10.6 Å². The number of benzene rings is 1. The molecule has 0 aliphatic rings. The van der Waals surface area contributed by atoms with Crippen molar-refractivity contribution in [1.82, 2.24) is 10.3 Å². The van der Waals surface area contributed by atoms with Gasteiger partial charge in [0, 0.05) is 32.0 Å². The third kappa shape index (κ3) is 4.89. The Balaban J connectivity index is 1.92. The summed E-state index contributed by atoms with van der Waals surface area (Å²) in [5.74, 6) is 0.551. The first-order valence-electron chi connectivity index (χ1n) is 6.80. The molecule has 0 bridgehead atoms. The lowest BCUT2D eigenvalue weighted by molar-refractivity contribution is 0.0937. The highest BCUT2D eigenvalue weighted by atomic mass is 16.5. The van der Waals surface area contributed by atoms with Crippen molar-refractivity contribution in [1.29, 1.82) is 0 Å².